The Balaban J connectivity index is 3.70. The van der Waals surface area contributed by atoms with Crippen molar-refractivity contribution in [1.29, 1.82) is 0 Å². The fourth-order valence-corrected chi connectivity index (χ4v) is 1.27. The van der Waals surface area contributed by atoms with E-state index in [1.807, 2.05) is 6.92 Å². The molecule has 1 N–H and O–H groups in total. The van der Waals surface area contributed by atoms with Crippen LogP contribution in [-0.4, -0.2) is 9.96 Å². The maximum atomic E-state index is 11.4. The lowest BCUT2D eigenvalue weighted by Gasteiger charge is -2.14. The standard InChI is InChI=1S/C9H18INO/c1-4-6-7(3)9(12)11-8(10)5-2/h7-8H,4-6H2,1-3H3,(H,11,12). The molecule has 2 nitrogen and oxygen atoms in total. The first-order chi connectivity index (χ1) is 5.61. The van der Waals surface area contributed by atoms with Crippen molar-refractivity contribution in [3.63, 3.8) is 0 Å². The smallest absolute Gasteiger partial charge is 0.223 e. The number of carbonyl (C=O) groups excluding carboxylic acids is 1. The van der Waals surface area contributed by atoms with E-state index in [-0.39, 0.29) is 15.9 Å². The molecule has 1 amide bonds. The third-order valence-electron chi connectivity index (χ3n) is 1.83. The SMILES string of the molecule is CCCC(C)C(=O)NC(I)CC. The predicted octanol–water partition coefficient (Wildman–Crippen LogP) is 2.71. The lowest BCUT2D eigenvalue weighted by Crippen LogP contribution is -2.34. The highest BCUT2D eigenvalue weighted by atomic mass is 127. The summed E-state index contributed by atoms with van der Waals surface area (Å²) in [5.74, 6) is 0.358. The average molecular weight is 283 g/mol. The molecule has 2 atom stereocenters. The number of halogens is 1. The summed E-state index contributed by atoms with van der Waals surface area (Å²) in [6.45, 7) is 6.16. The van der Waals surface area contributed by atoms with E-state index in [1.54, 1.807) is 0 Å². The Labute approximate surface area is 88.6 Å². The summed E-state index contributed by atoms with van der Waals surface area (Å²) in [7, 11) is 0. The summed E-state index contributed by atoms with van der Waals surface area (Å²) in [5, 5.41) is 2.96. The Hall–Kier alpha value is 0.200. The third-order valence-corrected chi connectivity index (χ3v) is 3.02. The summed E-state index contributed by atoms with van der Waals surface area (Å²) >= 11 is 2.25. The number of nitrogens with one attached hydrogen (secondary N) is 1. The van der Waals surface area contributed by atoms with E-state index in [0.717, 1.165) is 19.3 Å². The van der Waals surface area contributed by atoms with Crippen LogP contribution in [0.15, 0.2) is 0 Å². The predicted molar refractivity (Wildman–Crippen MR) is 60.3 cm³/mol. The van der Waals surface area contributed by atoms with Crippen LogP contribution in [0.5, 0.6) is 0 Å². The molecular formula is C9H18INO. The van der Waals surface area contributed by atoms with Crippen LogP contribution >= 0.6 is 22.6 Å². The molecule has 0 aliphatic heterocycles. The van der Waals surface area contributed by atoms with Gasteiger partial charge in [-0.25, -0.2) is 0 Å². The quantitative estimate of drug-likeness (QED) is 0.469. The first kappa shape index (κ1) is 12.2. The molecule has 0 aliphatic carbocycles. The lowest BCUT2D eigenvalue weighted by atomic mass is 10.1. The molecule has 0 rings (SSSR count). The fraction of sp³-hybridized carbons (Fsp3) is 0.889. The van der Waals surface area contributed by atoms with E-state index >= 15 is 0 Å². The minimum atomic E-state index is 0.166. The van der Waals surface area contributed by atoms with Crippen molar-refractivity contribution in [2.24, 2.45) is 5.92 Å². The van der Waals surface area contributed by atoms with Crippen LogP contribution in [0.1, 0.15) is 40.0 Å². The van der Waals surface area contributed by atoms with Crippen LogP contribution in [0.3, 0.4) is 0 Å². The molecular weight excluding hydrogens is 265 g/mol. The van der Waals surface area contributed by atoms with Gasteiger partial charge in [-0.1, -0.05) is 49.8 Å². The second kappa shape index (κ2) is 6.69. The van der Waals surface area contributed by atoms with Gasteiger partial charge in [0.1, 0.15) is 0 Å². The van der Waals surface area contributed by atoms with Gasteiger partial charge in [0.25, 0.3) is 0 Å². The van der Waals surface area contributed by atoms with E-state index in [2.05, 4.69) is 41.8 Å². The topological polar surface area (TPSA) is 29.1 Å². The van der Waals surface area contributed by atoms with Crippen LogP contribution in [0.4, 0.5) is 0 Å². The van der Waals surface area contributed by atoms with Crippen molar-refractivity contribution in [3.8, 4) is 0 Å². The molecule has 0 aromatic rings. The van der Waals surface area contributed by atoms with Gasteiger partial charge in [0, 0.05) is 5.92 Å². The van der Waals surface area contributed by atoms with E-state index in [9.17, 15) is 4.79 Å². The second-order valence-corrected chi connectivity index (χ2v) is 4.58. The lowest BCUT2D eigenvalue weighted by molar-refractivity contribution is -0.124. The van der Waals surface area contributed by atoms with Gasteiger partial charge in [0.2, 0.25) is 5.91 Å². The molecule has 0 aliphatic rings. The molecule has 0 fully saturated rings. The maximum absolute atomic E-state index is 11.4. The van der Waals surface area contributed by atoms with E-state index < -0.39 is 0 Å². The van der Waals surface area contributed by atoms with Gasteiger partial charge in [-0.05, 0) is 12.8 Å². The molecule has 0 saturated carbocycles. The summed E-state index contributed by atoms with van der Waals surface area (Å²) < 4.78 is 0.286. The normalized spacial score (nSPS) is 15.3. The zero-order valence-corrected chi connectivity index (χ0v) is 10.2. The molecule has 0 aromatic heterocycles. The molecule has 72 valence electrons. The Morgan fingerprint density at radius 1 is 1.50 bits per heavy atom. The van der Waals surface area contributed by atoms with Gasteiger partial charge in [-0.2, -0.15) is 0 Å². The molecule has 0 radical (unpaired) electrons. The number of hydrogen-bond acceptors (Lipinski definition) is 1. The first-order valence-corrected chi connectivity index (χ1v) is 5.80. The number of alkyl halides is 1. The highest BCUT2D eigenvalue weighted by molar-refractivity contribution is 14.1. The van der Waals surface area contributed by atoms with Crippen molar-refractivity contribution in [3.05, 3.63) is 0 Å². The van der Waals surface area contributed by atoms with Crippen molar-refractivity contribution < 1.29 is 4.79 Å². The summed E-state index contributed by atoms with van der Waals surface area (Å²) in [4.78, 5) is 11.4. The summed E-state index contributed by atoms with van der Waals surface area (Å²) in [5.41, 5.74) is 0. The van der Waals surface area contributed by atoms with Crippen LogP contribution in [-0.2, 0) is 4.79 Å². The zero-order chi connectivity index (χ0) is 9.56. The Kier molecular flexibility index (Phi) is 6.80. The third kappa shape index (κ3) is 4.95. The first-order valence-electron chi connectivity index (χ1n) is 4.56. The molecule has 0 saturated heterocycles. The van der Waals surface area contributed by atoms with Crippen molar-refractivity contribution in [1.82, 2.24) is 5.32 Å². The average Bonchev–Trinajstić information content (AvgIpc) is 2.04. The van der Waals surface area contributed by atoms with Crippen molar-refractivity contribution in [2.75, 3.05) is 0 Å². The van der Waals surface area contributed by atoms with Crippen molar-refractivity contribution in [2.45, 2.75) is 44.1 Å². The van der Waals surface area contributed by atoms with E-state index in [1.165, 1.54) is 0 Å². The van der Waals surface area contributed by atoms with Gasteiger partial charge in [-0.15, -0.1) is 0 Å². The molecule has 3 heteroatoms. The van der Waals surface area contributed by atoms with Crippen LogP contribution in [0, 0.1) is 5.92 Å². The Bertz CT molecular complexity index is 138. The Morgan fingerprint density at radius 2 is 2.08 bits per heavy atom. The minimum absolute atomic E-state index is 0.166. The van der Waals surface area contributed by atoms with E-state index in [0.29, 0.717) is 0 Å². The molecule has 12 heavy (non-hydrogen) atoms. The largest absolute Gasteiger partial charge is 0.344 e. The number of carbonyl (C=O) groups is 1. The molecule has 0 aromatic carbocycles. The molecule has 0 bridgehead atoms. The molecule has 2 unspecified atom stereocenters. The highest BCUT2D eigenvalue weighted by Crippen LogP contribution is 2.07. The van der Waals surface area contributed by atoms with E-state index in [4.69, 9.17) is 0 Å². The van der Waals surface area contributed by atoms with Gasteiger partial charge in [0.15, 0.2) is 0 Å². The van der Waals surface area contributed by atoms with Crippen LogP contribution < -0.4 is 5.32 Å². The van der Waals surface area contributed by atoms with Crippen LogP contribution in [0.25, 0.3) is 0 Å². The number of hydrogen-bond donors (Lipinski definition) is 1. The zero-order valence-electron chi connectivity index (χ0n) is 8.06. The summed E-state index contributed by atoms with van der Waals surface area (Å²) in [6, 6.07) is 0. The monoisotopic (exact) mass is 283 g/mol. The minimum Gasteiger partial charge on any atom is -0.344 e. The highest BCUT2D eigenvalue weighted by Gasteiger charge is 2.13. The van der Waals surface area contributed by atoms with Gasteiger partial charge >= 0.3 is 0 Å². The summed E-state index contributed by atoms with van der Waals surface area (Å²) in [6.07, 6.45) is 3.05. The second-order valence-electron chi connectivity index (χ2n) is 3.07. The van der Waals surface area contributed by atoms with Crippen LogP contribution in [0.2, 0.25) is 0 Å². The number of rotatable bonds is 5. The Morgan fingerprint density at radius 3 is 2.50 bits per heavy atom. The number of amides is 1. The fourth-order valence-electron chi connectivity index (χ4n) is 0.963. The molecule has 0 heterocycles. The van der Waals surface area contributed by atoms with Gasteiger partial charge < -0.3 is 5.32 Å². The molecule has 0 spiro atoms. The van der Waals surface area contributed by atoms with Gasteiger partial charge in [-0.3, -0.25) is 4.79 Å². The van der Waals surface area contributed by atoms with Crippen molar-refractivity contribution >= 4 is 28.5 Å². The van der Waals surface area contributed by atoms with Gasteiger partial charge in [0.05, 0.1) is 4.05 Å². The maximum Gasteiger partial charge on any atom is 0.223 e.